The van der Waals surface area contributed by atoms with E-state index in [1.54, 1.807) is 18.9 Å². The first-order chi connectivity index (χ1) is 15.5. The number of anilines is 1. The SMILES string of the molecule is COc1ccc(-c2cn(-c3ccccc3)nc2C(=O)Nc2nc(C(C)C)cs2)cc1OC. The van der Waals surface area contributed by atoms with E-state index >= 15 is 0 Å². The van der Waals surface area contributed by atoms with Crippen molar-refractivity contribution in [1.82, 2.24) is 14.8 Å². The van der Waals surface area contributed by atoms with Gasteiger partial charge in [0.1, 0.15) is 0 Å². The van der Waals surface area contributed by atoms with Gasteiger partial charge in [-0.15, -0.1) is 11.3 Å². The number of methoxy groups -OCH3 is 2. The normalized spacial score (nSPS) is 10.9. The number of amides is 1. The van der Waals surface area contributed by atoms with Gasteiger partial charge in [-0.1, -0.05) is 38.1 Å². The van der Waals surface area contributed by atoms with Crippen LogP contribution >= 0.6 is 11.3 Å². The molecule has 0 unspecified atom stereocenters. The third kappa shape index (κ3) is 4.36. The Labute approximate surface area is 190 Å². The Balaban J connectivity index is 1.76. The minimum Gasteiger partial charge on any atom is -0.493 e. The van der Waals surface area contributed by atoms with Crippen molar-refractivity contribution in [3.05, 3.63) is 71.5 Å². The standard InChI is InChI=1S/C24H24N4O3S/c1-15(2)19-14-32-24(25-19)26-23(29)22-18(13-28(27-22)17-8-6-5-7-9-17)16-10-11-20(30-3)21(12-16)31-4/h5-15H,1-4H3,(H,25,26,29). The Kier molecular flexibility index (Phi) is 6.23. The maximum absolute atomic E-state index is 13.2. The summed E-state index contributed by atoms with van der Waals surface area (Å²) >= 11 is 1.40. The molecule has 0 aliphatic rings. The van der Waals surface area contributed by atoms with Gasteiger partial charge in [-0.05, 0) is 35.7 Å². The number of para-hydroxylation sites is 1. The first-order valence-corrected chi connectivity index (χ1v) is 11.0. The topological polar surface area (TPSA) is 78.3 Å². The molecule has 1 amide bonds. The van der Waals surface area contributed by atoms with Crippen LogP contribution in [0, 0.1) is 0 Å². The van der Waals surface area contributed by atoms with Crippen LogP contribution < -0.4 is 14.8 Å². The zero-order valence-corrected chi connectivity index (χ0v) is 19.1. The number of carbonyl (C=O) groups is 1. The van der Waals surface area contributed by atoms with E-state index < -0.39 is 0 Å². The minimum atomic E-state index is -0.325. The van der Waals surface area contributed by atoms with Crippen molar-refractivity contribution in [2.24, 2.45) is 0 Å². The molecular formula is C24H24N4O3S. The highest BCUT2D eigenvalue weighted by Crippen LogP contribution is 2.34. The average Bonchev–Trinajstić information content (AvgIpc) is 3.47. The second-order valence-corrected chi connectivity index (χ2v) is 8.29. The summed E-state index contributed by atoms with van der Waals surface area (Å²) in [7, 11) is 3.17. The second-order valence-electron chi connectivity index (χ2n) is 7.43. The summed E-state index contributed by atoms with van der Waals surface area (Å²) in [6, 6.07) is 15.2. The Morgan fingerprint density at radius 2 is 1.81 bits per heavy atom. The number of aromatic nitrogens is 3. The number of thiazole rings is 1. The smallest absolute Gasteiger partial charge is 0.278 e. The summed E-state index contributed by atoms with van der Waals surface area (Å²) in [6.07, 6.45) is 1.84. The van der Waals surface area contributed by atoms with E-state index in [9.17, 15) is 4.79 Å². The van der Waals surface area contributed by atoms with Crippen molar-refractivity contribution in [2.75, 3.05) is 19.5 Å². The first kappa shape index (κ1) is 21.6. The molecule has 0 saturated carbocycles. The molecule has 0 aliphatic heterocycles. The van der Waals surface area contributed by atoms with Gasteiger partial charge in [0.15, 0.2) is 22.3 Å². The summed E-state index contributed by atoms with van der Waals surface area (Å²) in [5, 5.41) is 10.0. The summed E-state index contributed by atoms with van der Waals surface area (Å²) in [5.74, 6) is 1.15. The molecule has 2 aromatic carbocycles. The van der Waals surface area contributed by atoms with E-state index in [1.165, 1.54) is 11.3 Å². The molecular weight excluding hydrogens is 424 g/mol. The van der Waals surface area contributed by atoms with Crippen molar-refractivity contribution in [3.8, 4) is 28.3 Å². The summed E-state index contributed by atoms with van der Waals surface area (Å²) in [5.41, 5.74) is 3.55. The largest absolute Gasteiger partial charge is 0.493 e. The highest BCUT2D eigenvalue weighted by molar-refractivity contribution is 7.14. The van der Waals surface area contributed by atoms with Crippen LogP contribution in [0.15, 0.2) is 60.1 Å². The van der Waals surface area contributed by atoms with Crippen LogP contribution in [0.25, 0.3) is 16.8 Å². The summed E-state index contributed by atoms with van der Waals surface area (Å²) < 4.78 is 12.5. The van der Waals surface area contributed by atoms with Crippen molar-refractivity contribution < 1.29 is 14.3 Å². The van der Waals surface area contributed by atoms with Crippen LogP contribution in [-0.4, -0.2) is 34.9 Å². The molecule has 32 heavy (non-hydrogen) atoms. The molecule has 2 heterocycles. The summed E-state index contributed by atoms with van der Waals surface area (Å²) in [4.78, 5) is 17.7. The zero-order valence-electron chi connectivity index (χ0n) is 18.3. The number of ether oxygens (including phenoxy) is 2. The highest BCUT2D eigenvalue weighted by atomic mass is 32.1. The number of hydrogen-bond donors (Lipinski definition) is 1. The third-order valence-corrected chi connectivity index (χ3v) is 5.75. The van der Waals surface area contributed by atoms with Crippen molar-refractivity contribution in [1.29, 1.82) is 0 Å². The van der Waals surface area contributed by atoms with E-state index in [1.807, 2.05) is 60.1 Å². The number of carbonyl (C=O) groups excluding carboxylic acids is 1. The number of nitrogens with zero attached hydrogens (tertiary/aromatic N) is 3. The molecule has 0 aliphatic carbocycles. The maximum Gasteiger partial charge on any atom is 0.278 e. The molecule has 8 heteroatoms. The van der Waals surface area contributed by atoms with E-state index in [4.69, 9.17) is 9.47 Å². The quantitative estimate of drug-likeness (QED) is 0.410. The lowest BCUT2D eigenvalue weighted by Crippen LogP contribution is -2.14. The second kappa shape index (κ2) is 9.23. The van der Waals surface area contributed by atoms with Gasteiger partial charge in [0.05, 0.1) is 25.6 Å². The van der Waals surface area contributed by atoms with Crippen LogP contribution in [0.3, 0.4) is 0 Å². The molecule has 2 aromatic heterocycles. The van der Waals surface area contributed by atoms with Gasteiger partial charge in [0.25, 0.3) is 5.91 Å². The Bertz CT molecular complexity index is 1230. The molecule has 0 fully saturated rings. The van der Waals surface area contributed by atoms with Crippen LogP contribution in [-0.2, 0) is 0 Å². The lowest BCUT2D eigenvalue weighted by atomic mass is 10.1. The van der Waals surface area contributed by atoms with Crippen LogP contribution in [0.1, 0.15) is 35.9 Å². The highest BCUT2D eigenvalue weighted by Gasteiger charge is 2.21. The van der Waals surface area contributed by atoms with E-state index in [0.29, 0.717) is 27.9 Å². The van der Waals surface area contributed by atoms with E-state index in [0.717, 1.165) is 16.9 Å². The lowest BCUT2D eigenvalue weighted by molar-refractivity contribution is 0.102. The number of benzene rings is 2. The van der Waals surface area contributed by atoms with E-state index in [-0.39, 0.29) is 11.8 Å². The molecule has 0 atom stereocenters. The fourth-order valence-electron chi connectivity index (χ4n) is 3.23. The molecule has 4 aromatic rings. The van der Waals surface area contributed by atoms with Gasteiger partial charge < -0.3 is 9.47 Å². The predicted molar refractivity (Wildman–Crippen MR) is 126 cm³/mol. The van der Waals surface area contributed by atoms with Gasteiger partial charge in [0.2, 0.25) is 0 Å². The van der Waals surface area contributed by atoms with E-state index in [2.05, 4.69) is 29.2 Å². The Morgan fingerprint density at radius 1 is 1.06 bits per heavy atom. The Hall–Kier alpha value is -3.65. The molecule has 0 spiro atoms. The molecule has 4 rings (SSSR count). The molecule has 0 saturated heterocycles. The fraction of sp³-hybridized carbons (Fsp3) is 0.208. The summed E-state index contributed by atoms with van der Waals surface area (Å²) in [6.45, 7) is 4.13. The van der Waals surface area contributed by atoms with Crippen molar-refractivity contribution in [2.45, 2.75) is 19.8 Å². The average molecular weight is 449 g/mol. The number of rotatable bonds is 7. The predicted octanol–water partition coefficient (Wildman–Crippen LogP) is 5.39. The number of hydrogen-bond acceptors (Lipinski definition) is 6. The van der Waals surface area contributed by atoms with Crippen LogP contribution in [0.5, 0.6) is 11.5 Å². The zero-order chi connectivity index (χ0) is 22.7. The molecule has 1 N–H and O–H groups in total. The van der Waals surface area contributed by atoms with Gasteiger partial charge in [-0.2, -0.15) is 5.10 Å². The van der Waals surface area contributed by atoms with Gasteiger partial charge in [0, 0.05) is 17.1 Å². The van der Waals surface area contributed by atoms with Gasteiger partial charge >= 0.3 is 0 Å². The number of nitrogens with one attached hydrogen (secondary N) is 1. The van der Waals surface area contributed by atoms with Gasteiger partial charge in [-0.25, -0.2) is 9.67 Å². The first-order valence-electron chi connectivity index (χ1n) is 10.1. The van der Waals surface area contributed by atoms with Gasteiger partial charge in [-0.3, -0.25) is 10.1 Å². The molecule has 0 radical (unpaired) electrons. The molecule has 0 bridgehead atoms. The lowest BCUT2D eigenvalue weighted by Gasteiger charge is -2.09. The van der Waals surface area contributed by atoms with Crippen LogP contribution in [0.4, 0.5) is 5.13 Å². The monoisotopic (exact) mass is 448 g/mol. The third-order valence-electron chi connectivity index (χ3n) is 4.98. The van der Waals surface area contributed by atoms with Crippen LogP contribution in [0.2, 0.25) is 0 Å². The van der Waals surface area contributed by atoms with Crippen molar-refractivity contribution >= 4 is 22.4 Å². The van der Waals surface area contributed by atoms with Crippen molar-refractivity contribution in [3.63, 3.8) is 0 Å². The fourth-order valence-corrected chi connectivity index (χ4v) is 4.10. The molecule has 164 valence electrons. The Morgan fingerprint density at radius 3 is 2.47 bits per heavy atom. The molecule has 7 nitrogen and oxygen atoms in total. The maximum atomic E-state index is 13.2. The minimum absolute atomic E-state index is 0.288.